The highest BCUT2D eigenvalue weighted by Gasteiger charge is 2.22. The van der Waals surface area contributed by atoms with E-state index in [1.807, 2.05) is 42.5 Å². The van der Waals surface area contributed by atoms with Gasteiger partial charge in [0, 0.05) is 18.1 Å². The molecule has 0 aliphatic carbocycles. The molecule has 2 aromatic heterocycles. The molecule has 1 aliphatic rings. The first-order valence-corrected chi connectivity index (χ1v) is 8.13. The van der Waals surface area contributed by atoms with Crippen LogP contribution in [0, 0.1) is 0 Å². The van der Waals surface area contributed by atoms with Crippen LogP contribution in [0.25, 0.3) is 22.1 Å². The lowest BCUT2D eigenvalue weighted by Gasteiger charge is -2.26. The van der Waals surface area contributed by atoms with E-state index in [4.69, 9.17) is 9.15 Å². The molecule has 0 atom stereocenters. The largest absolute Gasteiger partial charge is 0.482 e. The molecule has 0 radical (unpaired) electrons. The van der Waals surface area contributed by atoms with Crippen molar-refractivity contribution >= 4 is 45.2 Å². The molecule has 0 spiro atoms. The van der Waals surface area contributed by atoms with Gasteiger partial charge in [-0.1, -0.05) is 12.1 Å². The summed E-state index contributed by atoms with van der Waals surface area (Å²) in [5.41, 5.74) is 3.59. The first kappa shape index (κ1) is 14.7. The van der Waals surface area contributed by atoms with Gasteiger partial charge in [-0.2, -0.15) is 0 Å². The number of aromatic nitrogens is 2. The van der Waals surface area contributed by atoms with Crippen molar-refractivity contribution in [1.82, 2.24) is 9.97 Å². The van der Waals surface area contributed by atoms with Crippen molar-refractivity contribution in [3.63, 3.8) is 0 Å². The molecule has 0 fully saturated rings. The van der Waals surface area contributed by atoms with E-state index < -0.39 is 0 Å². The predicted octanol–water partition coefficient (Wildman–Crippen LogP) is 3.47. The molecule has 4 aromatic rings. The molecular formula is C19H14N4O3. The maximum Gasteiger partial charge on any atom is 0.264 e. The Kier molecular flexibility index (Phi) is 3.08. The van der Waals surface area contributed by atoms with E-state index in [2.05, 4.69) is 15.3 Å². The number of carbonyl (C=O) groups excluding carboxylic acids is 1. The SMILES string of the molecule is CN1C(=O)COc2ccc(Nc3ncnc4c3oc3ccccc34)cc21. The first-order valence-electron chi connectivity index (χ1n) is 8.13. The van der Waals surface area contributed by atoms with Crippen LogP contribution in [0.5, 0.6) is 5.75 Å². The number of rotatable bonds is 2. The second-order valence-electron chi connectivity index (χ2n) is 6.05. The number of likely N-dealkylation sites (N-methyl/N-ethyl adjacent to an activating group) is 1. The second-order valence-corrected chi connectivity index (χ2v) is 6.05. The normalized spacial score (nSPS) is 13.7. The maximum atomic E-state index is 11.8. The molecular weight excluding hydrogens is 332 g/mol. The quantitative estimate of drug-likeness (QED) is 0.598. The summed E-state index contributed by atoms with van der Waals surface area (Å²) < 4.78 is 11.4. The molecule has 5 rings (SSSR count). The zero-order chi connectivity index (χ0) is 17.7. The van der Waals surface area contributed by atoms with E-state index in [0.717, 1.165) is 22.2 Å². The lowest BCUT2D eigenvalue weighted by Crippen LogP contribution is -2.35. The van der Waals surface area contributed by atoms with Gasteiger partial charge in [-0.15, -0.1) is 0 Å². The number of nitrogens with one attached hydrogen (secondary N) is 1. The highest BCUT2D eigenvalue weighted by Crippen LogP contribution is 2.36. The Bertz CT molecular complexity index is 1170. The van der Waals surface area contributed by atoms with Gasteiger partial charge in [0.15, 0.2) is 18.0 Å². The summed E-state index contributed by atoms with van der Waals surface area (Å²) in [7, 11) is 1.73. The van der Waals surface area contributed by atoms with Crippen molar-refractivity contribution < 1.29 is 13.9 Å². The van der Waals surface area contributed by atoms with E-state index in [9.17, 15) is 4.79 Å². The lowest BCUT2D eigenvalue weighted by molar-refractivity contribution is -0.120. The van der Waals surface area contributed by atoms with Gasteiger partial charge in [-0.05, 0) is 30.3 Å². The maximum absolute atomic E-state index is 11.8. The highest BCUT2D eigenvalue weighted by molar-refractivity contribution is 6.06. The van der Waals surface area contributed by atoms with Gasteiger partial charge in [-0.3, -0.25) is 4.79 Å². The Balaban J connectivity index is 1.59. The van der Waals surface area contributed by atoms with Gasteiger partial charge in [0.25, 0.3) is 5.91 Å². The van der Waals surface area contributed by atoms with Crippen LogP contribution in [0.1, 0.15) is 0 Å². The number of anilines is 3. The van der Waals surface area contributed by atoms with Crippen molar-refractivity contribution in [3.05, 3.63) is 48.8 Å². The Hall–Kier alpha value is -3.61. The number of benzene rings is 2. The fourth-order valence-electron chi connectivity index (χ4n) is 3.10. The summed E-state index contributed by atoms with van der Waals surface area (Å²) >= 11 is 0. The standard InChI is InChI=1S/C19H14N4O3/c1-23-13-8-11(6-7-15(13)25-9-16(23)24)22-19-18-17(20-10-21-19)12-4-2-3-5-14(12)26-18/h2-8,10H,9H2,1H3,(H,20,21,22). The van der Waals surface area contributed by atoms with Crippen LogP contribution >= 0.6 is 0 Å². The highest BCUT2D eigenvalue weighted by atomic mass is 16.5. The summed E-state index contributed by atoms with van der Waals surface area (Å²) in [6, 6.07) is 13.3. The molecule has 128 valence electrons. The molecule has 1 amide bonds. The molecule has 1 aliphatic heterocycles. The third-order valence-electron chi connectivity index (χ3n) is 4.47. The van der Waals surface area contributed by atoms with E-state index in [0.29, 0.717) is 22.8 Å². The third kappa shape index (κ3) is 2.17. The van der Waals surface area contributed by atoms with E-state index in [1.165, 1.54) is 6.33 Å². The second kappa shape index (κ2) is 5.45. The van der Waals surface area contributed by atoms with Crippen LogP contribution in [0.3, 0.4) is 0 Å². The van der Waals surface area contributed by atoms with Crippen LogP contribution in [-0.2, 0) is 4.79 Å². The summed E-state index contributed by atoms with van der Waals surface area (Å²) in [5, 5.41) is 4.20. The molecule has 2 aromatic carbocycles. The Morgan fingerprint density at radius 1 is 1.15 bits per heavy atom. The smallest absolute Gasteiger partial charge is 0.264 e. The number of hydrogen-bond donors (Lipinski definition) is 1. The zero-order valence-electron chi connectivity index (χ0n) is 13.9. The van der Waals surface area contributed by atoms with E-state index in [1.54, 1.807) is 11.9 Å². The van der Waals surface area contributed by atoms with Crippen molar-refractivity contribution in [3.8, 4) is 5.75 Å². The van der Waals surface area contributed by atoms with Crippen LogP contribution in [0.2, 0.25) is 0 Å². The van der Waals surface area contributed by atoms with Gasteiger partial charge >= 0.3 is 0 Å². The number of para-hydroxylation sites is 1. The molecule has 7 heteroatoms. The lowest BCUT2D eigenvalue weighted by atomic mass is 10.2. The number of amides is 1. The van der Waals surface area contributed by atoms with Gasteiger partial charge in [0.2, 0.25) is 0 Å². The molecule has 0 saturated heterocycles. The van der Waals surface area contributed by atoms with Gasteiger partial charge < -0.3 is 19.4 Å². The van der Waals surface area contributed by atoms with Crippen LogP contribution < -0.4 is 15.0 Å². The molecule has 7 nitrogen and oxygen atoms in total. The summed E-state index contributed by atoms with van der Waals surface area (Å²) in [6.07, 6.45) is 1.50. The Labute approximate surface area is 148 Å². The molecule has 0 unspecified atom stereocenters. The van der Waals surface area contributed by atoms with Crippen LogP contribution in [-0.4, -0.2) is 29.5 Å². The van der Waals surface area contributed by atoms with Gasteiger partial charge in [0.05, 0.1) is 5.69 Å². The van der Waals surface area contributed by atoms with Crippen molar-refractivity contribution in [1.29, 1.82) is 0 Å². The molecule has 0 bridgehead atoms. The van der Waals surface area contributed by atoms with Crippen molar-refractivity contribution in [2.24, 2.45) is 0 Å². The van der Waals surface area contributed by atoms with E-state index in [-0.39, 0.29) is 12.5 Å². The topological polar surface area (TPSA) is 80.5 Å². The molecule has 3 heterocycles. The Morgan fingerprint density at radius 2 is 2.04 bits per heavy atom. The molecule has 26 heavy (non-hydrogen) atoms. The number of furan rings is 1. The Morgan fingerprint density at radius 3 is 2.96 bits per heavy atom. The summed E-state index contributed by atoms with van der Waals surface area (Å²) in [6.45, 7) is 0.0573. The molecule has 1 N–H and O–H groups in total. The fourth-order valence-corrected chi connectivity index (χ4v) is 3.10. The minimum atomic E-state index is -0.0867. The fraction of sp³-hybridized carbons (Fsp3) is 0.105. The number of carbonyl (C=O) groups is 1. The monoisotopic (exact) mass is 346 g/mol. The summed E-state index contributed by atoms with van der Waals surface area (Å²) in [5.74, 6) is 1.16. The average molecular weight is 346 g/mol. The zero-order valence-corrected chi connectivity index (χ0v) is 13.9. The number of nitrogens with zero attached hydrogens (tertiary/aromatic N) is 3. The predicted molar refractivity (Wildman–Crippen MR) is 97.9 cm³/mol. The van der Waals surface area contributed by atoms with Crippen LogP contribution in [0.15, 0.2) is 53.2 Å². The average Bonchev–Trinajstić information content (AvgIpc) is 3.05. The number of ether oxygens (including phenoxy) is 1. The van der Waals surface area contributed by atoms with Crippen molar-refractivity contribution in [2.45, 2.75) is 0 Å². The van der Waals surface area contributed by atoms with Crippen LogP contribution in [0.4, 0.5) is 17.2 Å². The third-order valence-corrected chi connectivity index (χ3v) is 4.47. The van der Waals surface area contributed by atoms with E-state index >= 15 is 0 Å². The first-order chi connectivity index (χ1) is 12.7. The van der Waals surface area contributed by atoms with Crippen molar-refractivity contribution in [2.75, 3.05) is 23.9 Å². The summed E-state index contributed by atoms with van der Waals surface area (Å²) in [4.78, 5) is 22.1. The number of fused-ring (bicyclic) bond motifs is 4. The van der Waals surface area contributed by atoms with Gasteiger partial charge in [-0.25, -0.2) is 9.97 Å². The van der Waals surface area contributed by atoms with Gasteiger partial charge in [0.1, 0.15) is 23.2 Å². The number of hydrogen-bond acceptors (Lipinski definition) is 6. The minimum Gasteiger partial charge on any atom is -0.482 e. The minimum absolute atomic E-state index is 0.0573. The molecule has 0 saturated carbocycles.